The first-order chi connectivity index (χ1) is 16.1. The van der Waals surface area contributed by atoms with Crippen molar-refractivity contribution in [1.82, 2.24) is 0 Å². The molecule has 0 spiro atoms. The molecule has 3 aromatic carbocycles. The highest BCUT2D eigenvalue weighted by atomic mass is 35.5. The van der Waals surface area contributed by atoms with Gasteiger partial charge in [0.25, 0.3) is 0 Å². The molecule has 0 radical (unpaired) electrons. The third kappa shape index (κ3) is 6.15. The van der Waals surface area contributed by atoms with Gasteiger partial charge < -0.3 is 19.3 Å². The number of alkyl halides is 3. The molecule has 5 nitrogen and oxygen atoms in total. The van der Waals surface area contributed by atoms with Gasteiger partial charge in [0.05, 0.1) is 29.0 Å². The third-order valence-corrected chi connectivity index (χ3v) is 5.10. The minimum absolute atomic E-state index is 0.00370. The first kappa shape index (κ1) is 25.3. The van der Waals surface area contributed by atoms with Gasteiger partial charge in [0.1, 0.15) is 23.7 Å². The summed E-state index contributed by atoms with van der Waals surface area (Å²) in [6.45, 7) is -0.00370. The highest BCUT2D eigenvalue weighted by Gasteiger charge is 2.30. The van der Waals surface area contributed by atoms with Crippen LogP contribution in [0.15, 0.2) is 66.9 Å². The summed E-state index contributed by atoms with van der Waals surface area (Å²) in [5, 5.41) is 9.59. The second-order valence-corrected chi connectivity index (χ2v) is 7.67. The van der Waals surface area contributed by atoms with E-state index in [9.17, 15) is 23.1 Å². The number of halogens is 5. The van der Waals surface area contributed by atoms with Crippen LogP contribution in [0.1, 0.15) is 16.7 Å². The van der Waals surface area contributed by atoms with Crippen molar-refractivity contribution < 1.29 is 37.3 Å². The Morgan fingerprint density at radius 3 is 2.18 bits per heavy atom. The minimum Gasteiger partial charge on any atom is -0.503 e. The first-order valence-corrected chi connectivity index (χ1v) is 10.4. The van der Waals surface area contributed by atoms with Crippen molar-refractivity contribution in [3.63, 3.8) is 0 Å². The van der Waals surface area contributed by atoms with Gasteiger partial charge in [-0.15, -0.1) is 0 Å². The fraction of sp³-hybridized carbons (Fsp3) is 0.125. The number of carboxylic acid groups (broad SMARTS) is 1. The number of methoxy groups -OCH3 is 1. The van der Waals surface area contributed by atoms with Crippen molar-refractivity contribution in [3.8, 4) is 17.2 Å². The molecule has 0 aliphatic carbocycles. The van der Waals surface area contributed by atoms with Crippen LogP contribution in [0.2, 0.25) is 10.0 Å². The fourth-order valence-corrected chi connectivity index (χ4v) is 3.51. The summed E-state index contributed by atoms with van der Waals surface area (Å²) >= 11 is 12.5. The van der Waals surface area contributed by atoms with E-state index in [4.69, 9.17) is 37.4 Å². The molecule has 0 atom stereocenters. The molecule has 0 saturated carbocycles. The zero-order chi connectivity index (χ0) is 24.9. The maximum absolute atomic E-state index is 12.7. The average Bonchev–Trinajstić information content (AvgIpc) is 2.78. The summed E-state index contributed by atoms with van der Waals surface area (Å²) in [7, 11) is 1.35. The molecule has 0 fully saturated rings. The Bertz CT molecular complexity index is 1180. The zero-order valence-electron chi connectivity index (χ0n) is 17.5. The van der Waals surface area contributed by atoms with E-state index in [2.05, 4.69) is 0 Å². The Labute approximate surface area is 202 Å². The molecule has 0 amide bonds. The van der Waals surface area contributed by atoms with E-state index in [0.29, 0.717) is 11.1 Å². The van der Waals surface area contributed by atoms with Crippen LogP contribution in [0.3, 0.4) is 0 Å². The third-order valence-electron chi connectivity index (χ3n) is 4.54. The molecule has 0 saturated heterocycles. The summed E-state index contributed by atoms with van der Waals surface area (Å²) in [6.07, 6.45) is -3.34. The van der Waals surface area contributed by atoms with E-state index in [0.717, 1.165) is 30.5 Å². The maximum Gasteiger partial charge on any atom is 0.416 e. The van der Waals surface area contributed by atoms with Gasteiger partial charge in [-0.2, -0.15) is 13.2 Å². The predicted octanol–water partition coefficient (Wildman–Crippen LogP) is 7.46. The molecule has 0 unspecified atom stereocenters. The molecule has 0 heterocycles. The quantitative estimate of drug-likeness (QED) is 0.250. The summed E-state index contributed by atoms with van der Waals surface area (Å²) in [6, 6.07) is 13.7. The number of carboxylic acids is 1. The molecule has 0 bridgehead atoms. The van der Waals surface area contributed by atoms with Crippen LogP contribution in [-0.2, 0) is 22.3 Å². The Balaban J connectivity index is 1.78. The van der Waals surface area contributed by atoms with Crippen LogP contribution in [-0.4, -0.2) is 18.2 Å². The Hall–Kier alpha value is -3.36. The maximum atomic E-state index is 12.7. The first-order valence-electron chi connectivity index (χ1n) is 9.61. The molecule has 0 aromatic heterocycles. The molecule has 0 aliphatic rings. The summed E-state index contributed by atoms with van der Waals surface area (Å²) in [5.41, 5.74) is 0.132. The number of aliphatic carboxylic acids is 1. The fourth-order valence-electron chi connectivity index (χ4n) is 2.96. The van der Waals surface area contributed by atoms with E-state index < -0.39 is 17.7 Å². The lowest BCUT2D eigenvalue weighted by Crippen LogP contribution is -2.06. The summed E-state index contributed by atoms with van der Waals surface area (Å²) in [5.74, 6) is -0.722. The van der Waals surface area contributed by atoms with Gasteiger partial charge in [-0.3, -0.25) is 0 Å². The van der Waals surface area contributed by atoms with Crippen LogP contribution in [0.5, 0.6) is 17.2 Å². The van der Waals surface area contributed by atoms with Crippen molar-refractivity contribution >= 4 is 34.7 Å². The van der Waals surface area contributed by atoms with Crippen LogP contribution in [0.4, 0.5) is 13.2 Å². The van der Waals surface area contributed by atoms with Gasteiger partial charge in [0, 0.05) is 12.1 Å². The topological polar surface area (TPSA) is 65.0 Å². The number of hydrogen-bond donors (Lipinski definition) is 1. The molecule has 178 valence electrons. The Kier molecular flexibility index (Phi) is 7.96. The summed E-state index contributed by atoms with van der Waals surface area (Å²) < 4.78 is 54.4. The Morgan fingerprint density at radius 1 is 1.00 bits per heavy atom. The summed E-state index contributed by atoms with van der Waals surface area (Å²) in [4.78, 5) is 11.6. The van der Waals surface area contributed by atoms with Gasteiger partial charge in [-0.1, -0.05) is 47.5 Å². The van der Waals surface area contributed by atoms with Crippen LogP contribution in [0.25, 0.3) is 5.57 Å². The highest BCUT2D eigenvalue weighted by Crippen LogP contribution is 2.40. The minimum atomic E-state index is -4.46. The second-order valence-electron chi connectivity index (χ2n) is 6.86. The van der Waals surface area contributed by atoms with Crippen LogP contribution >= 0.6 is 23.2 Å². The number of hydrogen-bond acceptors (Lipinski definition) is 4. The van der Waals surface area contributed by atoms with Crippen molar-refractivity contribution in [2.45, 2.75) is 12.8 Å². The van der Waals surface area contributed by atoms with E-state index in [-0.39, 0.29) is 39.5 Å². The molecule has 34 heavy (non-hydrogen) atoms. The van der Waals surface area contributed by atoms with Crippen LogP contribution in [0, 0.1) is 0 Å². The molecule has 1 N–H and O–H groups in total. The second kappa shape index (κ2) is 10.7. The van der Waals surface area contributed by atoms with E-state index in [1.807, 2.05) is 0 Å². The smallest absolute Gasteiger partial charge is 0.416 e. The molecule has 3 aromatic rings. The molecular formula is C24H17Cl2F3O5. The lowest BCUT2D eigenvalue weighted by atomic mass is 10.0. The van der Waals surface area contributed by atoms with Gasteiger partial charge in [0.15, 0.2) is 5.75 Å². The van der Waals surface area contributed by atoms with Gasteiger partial charge in [-0.25, -0.2) is 4.79 Å². The standard InChI is InChI=1S/C24H17Cl2F3O5/c1-32-13-19(23(30)31)18-5-3-2-4-14(18)12-33-17-10-20(25)22(21(26)11-17)34-16-8-6-15(7-9-16)24(27,28)29/h2-11,13H,12H2,1H3,(H,30,31)/b19-13+. The van der Waals surface area contributed by atoms with E-state index >= 15 is 0 Å². The van der Waals surface area contributed by atoms with Crippen molar-refractivity contribution in [1.29, 1.82) is 0 Å². The van der Waals surface area contributed by atoms with Crippen molar-refractivity contribution in [2.75, 3.05) is 7.11 Å². The normalized spacial score (nSPS) is 11.8. The van der Waals surface area contributed by atoms with Gasteiger partial charge in [0.2, 0.25) is 0 Å². The van der Waals surface area contributed by atoms with Crippen molar-refractivity contribution in [3.05, 3.63) is 93.7 Å². The molecule has 3 rings (SSSR count). The largest absolute Gasteiger partial charge is 0.503 e. The van der Waals surface area contributed by atoms with Crippen LogP contribution < -0.4 is 9.47 Å². The zero-order valence-corrected chi connectivity index (χ0v) is 19.0. The predicted molar refractivity (Wildman–Crippen MR) is 121 cm³/mol. The number of benzene rings is 3. The number of carbonyl (C=O) groups is 1. The highest BCUT2D eigenvalue weighted by molar-refractivity contribution is 6.37. The lowest BCUT2D eigenvalue weighted by molar-refractivity contribution is -0.137. The lowest BCUT2D eigenvalue weighted by Gasteiger charge is -2.14. The van der Waals surface area contributed by atoms with Gasteiger partial charge in [-0.05, 0) is 35.4 Å². The SMILES string of the molecule is CO/C=C(/C(=O)O)c1ccccc1COc1cc(Cl)c(Oc2ccc(C(F)(F)F)cc2)c(Cl)c1. The monoisotopic (exact) mass is 512 g/mol. The number of ether oxygens (including phenoxy) is 3. The van der Waals surface area contributed by atoms with Gasteiger partial charge >= 0.3 is 12.1 Å². The molecule has 10 heteroatoms. The van der Waals surface area contributed by atoms with E-state index in [1.54, 1.807) is 24.3 Å². The Morgan fingerprint density at radius 2 is 1.62 bits per heavy atom. The average molecular weight is 513 g/mol. The number of rotatable bonds is 8. The molecular weight excluding hydrogens is 496 g/mol. The molecule has 0 aliphatic heterocycles. The van der Waals surface area contributed by atoms with E-state index in [1.165, 1.54) is 19.2 Å². The van der Waals surface area contributed by atoms with Crippen molar-refractivity contribution in [2.24, 2.45) is 0 Å².